The lowest BCUT2D eigenvalue weighted by molar-refractivity contribution is -0.386. The van der Waals surface area contributed by atoms with Gasteiger partial charge in [-0.15, -0.1) is 0 Å². The van der Waals surface area contributed by atoms with Gasteiger partial charge in [-0.3, -0.25) is 14.9 Å². The highest BCUT2D eigenvalue weighted by atomic mass is 16.6. The van der Waals surface area contributed by atoms with E-state index in [9.17, 15) is 14.9 Å². The molecule has 1 rings (SSSR count). The second kappa shape index (κ2) is 4.85. The number of aldehydes is 1. The number of ether oxygens (including phenoxy) is 1. The predicted octanol–water partition coefficient (Wildman–Crippen LogP) is 1.21. The van der Waals surface area contributed by atoms with E-state index >= 15 is 0 Å². The van der Waals surface area contributed by atoms with Gasteiger partial charge in [0.2, 0.25) is 0 Å². The van der Waals surface area contributed by atoms with Gasteiger partial charge >= 0.3 is 5.69 Å². The van der Waals surface area contributed by atoms with Crippen molar-refractivity contribution < 1.29 is 14.5 Å². The summed E-state index contributed by atoms with van der Waals surface area (Å²) in [7, 11) is 1.30. The molecule has 0 aliphatic carbocycles. The first-order valence-corrected chi connectivity index (χ1v) is 3.99. The molecule has 0 saturated heterocycles. The van der Waals surface area contributed by atoms with Crippen LogP contribution in [0.15, 0.2) is 18.3 Å². The van der Waals surface area contributed by atoms with E-state index in [1.54, 1.807) is 0 Å². The molecule has 78 valence electrons. The number of allylic oxidation sites excluding steroid dienone is 1. The molecule has 15 heavy (non-hydrogen) atoms. The summed E-state index contributed by atoms with van der Waals surface area (Å²) in [5.74, 6) is -0.0525. The highest BCUT2D eigenvalue weighted by molar-refractivity contribution is 5.74. The lowest BCUT2D eigenvalue weighted by Gasteiger charge is -2.00. The van der Waals surface area contributed by atoms with E-state index in [2.05, 4.69) is 4.98 Å². The molecule has 0 radical (unpaired) electrons. The molecule has 0 saturated carbocycles. The summed E-state index contributed by atoms with van der Waals surface area (Å²) in [5, 5.41) is 10.6. The lowest BCUT2D eigenvalue weighted by Crippen LogP contribution is -1.96. The molecule has 0 bridgehead atoms. The van der Waals surface area contributed by atoms with Crippen molar-refractivity contribution in [3.8, 4) is 5.88 Å². The molecular formula is C9H8N2O4. The van der Waals surface area contributed by atoms with Crippen LogP contribution in [0.25, 0.3) is 6.08 Å². The Labute approximate surface area is 85.3 Å². The zero-order valence-corrected chi connectivity index (χ0v) is 7.91. The maximum Gasteiger partial charge on any atom is 0.331 e. The van der Waals surface area contributed by atoms with Crippen LogP contribution in [0.2, 0.25) is 0 Å². The molecule has 0 aliphatic rings. The monoisotopic (exact) mass is 208 g/mol. The van der Waals surface area contributed by atoms with Gasteiger partial charge in [-0.25, -0.2) is 4.98 Å². The molecule has 0 aromatic carbocycles. The lowest BCUT2D eigenvalue weighted by atomic mass is 10.2. The fourth-order valence-electron chi connectivity index (χ4n) is 0.986. The Bertz CT molecular complexity index is 415. The van der Waals surface area contributed by atoms with Gasteiger partial charge in [0.25, 0.3) is 5.88 Å². The van der Waals surface area contributed by atoms with Crippen molar-refractivity contribution in [1.82, 2.24) is 4.98 Å². The zero-order valence-electron chi connectivity index (χ0n) is 7.91. The van der Waals surface area contributed by atoms with E-state index in [1.165, 1.54) is 31.5 Å². The average molecular weight is 208 g/mol. The van der Waals surface area contributed by atoms with Crippen molar-refractivity contribution in [2.24, 2.45) is 0 Å². The van der Waals surface area contributed by atoms with E-state index < -0.39 is 4.92 Å². The Balaban J connectivity index is 3.15. The second-order valence-electron chi connectivity index (χ2n) is 2.55. The summed E-state index contributed by atoms with van der Waals surface area (Å²) in [4.78, 5) is 23.8. The van der Waals surface area contributed by atoms with Crippen molar-refractivity contribution in [2.75, 3.05) is 7.11 Å². The molecule has 0 N–H and O–H groups in total. The summed E-state index contributed by atoms with van der Waals surface area (Å²) in [6.45, 7) is 0. The summed E-state index contributed by atoms with van der Waals surface area (Å²) < 4.78 is 4.72. The molecule has 0 unspecified atom stereocenters. The molecule has 1 heterocycles. The maximum absolute atomic E-state index is 10.6. The SMILES string of the molecule is COc1ncc(C=CC=O)cc1[N+](=O)[O-]. The van der Waals surface area contributed by atoms with Crippen LogP contribution in [0.5, 0.6) is 5.88 Å². The van der Waals surface area contributed by atoms with Crippen molar-refractivity contribution in [1.29, 1.82) is 0 Å². The van der Waals surface area contributed by atoms with Crippen LogP contribution < -0.4 is 4.74 Å². The van der Waals surface area contributed by atoms with Gasteiger partial charge in [0.1, 0.15) is 6.29 Å². The third kappa shape index (κ3) is 2.60. The Kier molecular flexibility index (Phi) is 3.50. The minimum Gasteiger partial charge on any atom is -0.476 e. The van der Waals surface area contributed by atoms with E-state index in [-0.39, 0.29) is 11.6 Å². The number of hydrogen-bond acceptors (Lipinski definition) is 5. The van der Waals surface area contributed by atoms with Crippen LogP contribution in [0, 0.1) is 10.1 Å². The number of hydrogen-bond donors (Lipinski definition) is 0. The summed E-state index contributed by atoms with van der Waals surface area (Å²) in [6, 6.07) is 1.28. The predicted molar refractivity (Wildman–Crippen MR) is 52.5 cm³/mol. The van der Waals surface area contributed by atoms with Crippen molar-refractivity contribution >= 4 is 18.0 Å². The van der Waals surface area contributed by atoms with Gasteiger partial charge in [0.15, 0.2) is 0 Å². The Morgan fingerprint density at radius 3 is 2.87 bits per heavy atom. The van der Waals surface area contributed by atoms with Gasteiger partial charge in [0, 0.05) is 12.3 Å². The number of aromatic nitrogens is 1. The van der Waals surface area contributed by atoms with Crippen LogP contribution >= 0.6 is 0 Å². The molecule has 6 nitrogen and oxygen atoms in total. The fourth-order valence-corrected chi connectivity index (χ4v) is 0.986. The standard InChI is InChI=1S/C9H8N2O4/c1-15-9-8(11(13)14)5-7(6-10-9)3-2-4-12/h2-6H,1H3. The van der Waals surface area contributed by atoms with Gasteiger partial charge in [-0.2, -0.15) is 0 Å². The largest absolute Gasteiger partial charge is 0.476 e. The number of carbonyl (C=O) groups excluding carboxylic acids is 1. The number of carbonyl (C=O) groups is 1. The third-order valence-corrected chi connectivity index (χ3v) is 1.61. The summed E-state index contributed by atoms with van der Waals surface area (Å²) in [6.07, 6.45) is 4.61. The van der Waals surface area contributed by atoms with Crippen LogP contribution in [0.3, 0.4) is 0 Å². The van der Waals surface area contributed by atoms with E-state index in [0.717, 1.165) is 0 Å². The second-order valence-corrected chi connectivity index (χ2v) is 2.55. The average Bonchev–Trinajstić information content (AvgIpc) is 2.25. The van der Waals surface area contributed by atoms with Gasteiger partial charge in [-0.1, -0.05) is 0 Å². The normalized spacial score (nSPS) is 10.2. The quantitative estimate of drug-likeness (QED) is 0.321. The van der Waals surface area contributed by atoms with E-state index in [1.807, 2.05) is 0 Å². The first-order valence-electron chi connectivity index (χ1n) is 3.99. The number of rotatable bonds is 4. The minimum atomic E-state index is -0.593. The van der Waals surface area contributed by atoms with Crippen LogP contribution in [0.4, 0.5) is 5.69 Å². The van der Waals surface area contributed by atoms with Gasteiger partial charge in [0.05, 0.1) is 12.0 Å². The maximum atomic E-state index is 10.6. The molecule has 0 spiro atoms. The molecule has 1 aromatic rings. The van der Waals surface area contributed by atoms with Gasteiger partial charge in [-0.05, 0) is 17.7 Å². The number of nitrogens with zero attached hydrogens (tertiary/aromatic N) is 2. The summed E-state index contributed by atoms with van der Waals surface area (Å²) >= 11 is 0. The summed E-state index contributed by atoms with van der Waals surface area (Å²) in [5.41, 5.74) is 0.236. The topological polar surface area (TPSA) is 82.3 Å². The first kappa shape index (κ1) is 10.8. The number of nitro groups is 1. The molecule has 0 atom stereocenters. The highest BCUT2D eigenvalue weighted by Crippen LogP contribution is 2.24. The van der Waals surface area contributed by atoms with Gasteiger partial charge < -0.3 is 4.74 Å². The van der Waals surface area contributed by atoms with E-state index in [0.29, 0.717) is 11.8 Å². The van der Waals surface area contributed by atoms with Crippen LogP contribution in [-0.2, 0) is 4.79 Å². The Morgan fingerprint density at radius 2 is 2.33 bits per heavy atom. The molecule has 0 aliphatic heterocycles. The highest BCUT2D eigenvalue weighted by Gasteiger charge is 2.15. The van der Waals surface area contributed by atoms with Crippen molar-refractivity contribution in [3.05, 3.63) is 34.0 Å². The van der Waals surface area contributed by atoms with Crippen molar-refractivity contribution in [2.45, 2.75) is 0 Å². The third-order valence-electron chi connectivity index (χ3n) is 1.61. The minimum absolute atomic E-state index is 0.0525. The Morgan fingerprint density at radius 1 is 1.60 bits per heavy atom. The van der Waals surface area contributed by atoms with Crippen molar-refractivity contribution in [3.63, 3.8) is 0 Å². The molecular weight excluding hydrogens is 200 g/mol. The fraction of sp³-hybridized carbons (Fsp3) is 0.111. The Hall–Kier alpha value is -2.24. The van der Waals surface area contributed by atoms with Crippen LogP contribution in [0.1, 0.15) is 5.56 Å². The zero-order chi connectivity index (χ0) is 11.3. The first-order chi connectivity index (χ1) is 7.19. The smallest absolute Gasteiger partial charge is 0.331 e. The molecule has 0 amide bonds. The van der Waals surface area contributed by atoms with E-state index in [4.69, 9.17) is 4.74 Å². The molecule has 1 aromatic heterocycles. The van der Waals surface area contributed by atoms with Crippen LogP contribution in [-0.4, -0.2) is 23.3 Å². The number of methoxy groups -OCH3 is 1. The number of pyridine rings is 1. The molecule has 6 heteroatoms. The molecule has 0 fully saturated rings.